The first kappa shape index (κ1) is 16.6. The number of carboxylic acid groups (broad SMARTS) is 1. The number of aromatic nitrogens is 2. The van der Waals surface area contributed by atoms with Crippen LogP contribution in [0.25, 0.3) is 23.0 Å². The summed E-state index contributed by atoms with van der Waals surface area (Å²) in [5, 5.41) is 9.01. The third-order valence-electron chi connectivity index (χ3n) is 3.86. The first-order valence-electron chi connectivity index (χ1n) is 7.65. The molecule has 6 heteroatoms. The predicted molar refractivity (Wildman–Crippen MR) is 95.1 cm³/mol. The number of aryl methyl sites for hydroxylation is 1. The van der Waals surface area contributed by atoms with Crippen LogP contribution < -0.4 is 9.47 Å². The van der Waals surface area contributed by atoms with Crippen LogP contribution in [-0.4, -0.2) is 34.7 Å². The number of aliphatic carboxylic acids is 1. The maximum atomic E-state index is 11.0. The third-order valence-corrected chi connectivity index (χ3v) is 3.86. The molecule has 1 aromatic carbocycles. The van der Waals surface area contributed by atoms with Gasteiger partial charge >= 0.3 is 5.97 Å². The predicted octanol–water partition coefficient (Wildman–Crippen LogP) is 3.42. The van der Waals surface area contributed by atoms with Crippen LogP contribution in [0, 0.1) is 6.92 Å². The van der Waals surface area contributed by atoms with Crippen LogP contribution in [0.2, 0.25) is 0 Å². The standard InChI is InChI=1S/C19H18N2O4/c1-12-8-9-21-15(5-7-18(22)23)19(20-17(21)10-12)14-11-13(24-2)4-6-16(14)25-3/h4-11H,1-3H3,(H,22,23)/b7-5+. The number of methoxy groups -OCH3 is 2. The number of carboxylic acids is 1. The molecule has 0 spiro atoms. The van der Waals surface area contributed by atoms with Gasteiger partial charge in [0.15, 0.2) is 0 Å². The molecular weight excluding hydrogens is 320 g/mol. The topological polar surface area (TPSA) is 73.1 Å². The molecule has 25 heavy (non-hydrogen) atoms. The van der Waals surface area contributed by atoms with Crippen LogP contribution in [0.3, 0.4) is 0 Å². The van der Waals surface area contributed by atoms with Crippen LogP contribution in [0.15, 0.2) is 42.6 Å². The highest BCUT2D eigenvalue weighted by Crippen LogP contribution is 2.35. The number of imidazole rings is 1. The van der Waals surface area contributed by atoms with Gasteiger partial charge in [0.2, 0.25) is 0 Å². The molecule has 3 aromatic rings. The molecule has 0 saturated carbocycles. The van der Waals surface area contributed by atoms with E-state index in [1.807, 2.05) is 35.7 Å². The van der Waals surface area contributed by atoms with Gasteiger partial charge in [-0.05, 0) is 48.9 Å². The number of hydrogen-bond acceptors (Lipinski definition) is 4. The molecular formula is C19H18N2O4. The van der Waals surface area contributed by atoms with Crippen LogP contribution in [0.1, 0.15) is 11.3 Å². The maximum absolute atomic E-state index is 11.0. The zero-order valence-corrected chi connectivity index (χ0v) is 14.2. The van der Waals surface area contributed by atoms with Crippen molar-refractivity contribution in [3.05, 3.63) is 53.9 Å². The Bertz CT molecular complexity index is 973. The summed E-state index contributed by atoms with van der Waals surface area (Å²) in [6.45, 7) is 1.98. The van der Waals surface area contributed by atoms with Crippen molar-refractivity contribution in [3.63, 3.8) is 0 Å². The van der Waals surface area contributed by atoms with Crippen molar-refractivity contribution in [2.24, 2.45) is 0 Å². The van der Waals surface area contributed by atoms with Gasteiger partial charge in [-0.1, -0.05) is 0 Å². The van der Waals surface area contributed by atoms with Crippen molar-refractivity contribution < 1.29 is 19.4 Å². The first-order valence-corrected chi connectivity index (χ1v) is 7.65. The van der Waals surface area contributed by atoms with Crippen molar-refractivity contribution in [1.29, 1.82) is 0 Å². The van der Waals surface area contributed by atoms with Gasteiger partial charge in [-0.15, -0.1) is 0 Å². The summed E-state index contributed by atoms with van der Waals surface area (Å²) in [6, 6.07) is 9.31. The minimum atomic E-state index is -1.02. The summed E-state index contributed by atoms with van der Waals surface area (Å²) in [5.74, 6) is 0.272. The molecule has 6 nitrogen and oxygen atoms in total. The Hall–Kier alpha value is -3.28. The van der Waals surface area contributed by atoms with Gasteiger partial charge in [0.05, 0.1) is 19.9 Å². The number of hydrogen-bond donors (Lipinski definition) is 1. The average molecular weight is 338 g/mol. The zero-order valence-electron chi connectivity index (χ0n) is 14.2. The van der Waals surface area contributed by atoms with E-state index < -0.39 is 5.97 Å². The van der Waals surface area contributed by atoms with Gasteiger partial charge in [-0.3, -0.25) is 4.40 Å². The van der Waals surface area contributed by atoms with Crippen LogP contribution >= 0.6 is 0 Å². The second-order valence-corrected chi connectivity index (χ2v) is 5.52. The van der Waals surface area contributed by atoms with Crippen molar-refractivity contribution in [2.75, 3.05) is 14.2 Å². The zero-order chi connectivity index (χ0) is 18.0. The highest BCUT2D eigenvalue weighted by Gasteiger charge is 2.17. The van der Waals surface area contributed by atoms with E-state index in [0.717, 1.165) is 22.9 Å². The highest BCUT2D eigenvalue weighted by atomic mass is 16.5. The second-order valence-electron chi connectivity index (χ2n) is 5.52. The first-order chi connectivity index (χ1) is 12.0. The molecule has 0 saturated heterocycles. The number of rotatable bonds is 5. The fourth-order valence-electron chi connectivity index (χ4n) is 2.67. The highest BCUT2D eigenvalue weighted by molar-refractivity contribution is 5.88. The number of pyridine rings is 1. The Morgan fingerprint density at radius 2 is 2.00 bits per heavy atom. The van der Waals surface area contributed by atoms with E-state index in [1.54, 1.807) is 26.4 Å². The second kappa shape index (κ2) is 6.68. The van der Waals surface area contributed by atoms with Crippen molar-refractivity contribution >= 4 is 17.7 Å². The molecule has 2 aromatic heterocycles. The fourth-order valence-corrected chi connectivity index (χ4v) is 2.67. The Morgan fingerprint density at radius 1 is 1.20 bits per heavy atom. The van der Waals surface area contributed by atoms with Gasteiger partial charge in [-0.2, -0.15) is 0 Å². The van der Waals surface area contributed by atoms with E-state index in [0.29, 0.717) is 22.9 Å². The normalized spacial score (nSPS) is 11.2. The van der Waals surface area contributed by atoms with Gasteiger partial charge < -0.3 is 14.6 Å². The Balaban J connectivity index is 2.31. The molecule has 0 atom stereocenters. The molecule has 0 aliphatic rings. The Morgan fingerprint density at radius 3 is 2.68 bits per heavy atom. The van der Waals surface area contributed by atoms with E-state index in [4.69, 9.17) is 14.6 Å². The molecule has 0 unspecified atom stereocenters. The molecule has 0 bridgehead atoms. The maximum Gasteiger partial charge on any atom is 0.328 e. The summed E-state index contributed by atoms with van der Waals surface area (Å²) < 4.78 is 12.6. The number of fused-ring (bicyclic) bond motifs is 1. The van der Waals surface area contributed by atoms with Crippen LogP contribution in [0.5, 0.6) is 11.5 Å². The summed E-state index contributed by atoms with van der Waals surface area (Å²) in [6.07, 6.45) is 4.50. The molecule has 0 aliphatic carbocycles. The van der Waals surface area contributed by atoms with Crippen molar-refractivity contribution in [1.82, 2.24) is 9.38 Å². The molecule has 2 heterocycles. The molecule has 0 aliphatic heterocycles. The molecule has 1 N–H and O–H groups in total. The van der Waals surface area contributed by atoms with Gasteiger partial charge in [0, 0.05) is 17.8 Å². The minimum absolute atomic E-state index is 0.624. The molecule has 0 radical (unpaired) electrons. The number of ether oxygens (including phenoxy) is 2. The number of benzene rings is 1. The molecule has 0 fully saturated rings. The van der Waals surface area contributed by atoms with Gasteiger partial charge in [0.1, 0.15) is 22.8 Å². The third kappa shape index (κ3) is 3.19. The SMILES string of the molecule is COc1ccc(OC)c(-c2nc3cc(C)ccn3c2/C=C/C(=O)O)c1. The fraction of sp³-hybridized carbons (Fsp3) is 0.158. The smallest absolute Gasteiger partial charge is 0.328 e. The lowest BCUT2D eigenvalue weighted by Gasteiger charge is -2.09. The molecule has 0 amide bonds. The van der Waals surface area contributed by atoms with Gasteiger partial charge in [0.25, 0.3) is 0 Å². The summed E-state index contributed by atoms with van der Waals surface area (Å²) in [4.78, 5) is 15.7. The quantitative estimate of drug-likeness (QED) is 0.722. The van der Waals surface area contributed by atoms with E-state index in [1.165, 1.54) is 6.08 Å². The number of carbonyl (C=O) groups is 1. The summed E-state index contributed by atoms with van der Waals surface area (Å²) in [5.41, 5.74) is 3.80. The largest absolute Gasteiger partial charge is 0.497 e. The summed E-state index contributed by atoms with van der Waals surface area (Å²) >= 11 is 0. The van der Waals surface area contributed by atoms with Crippen molar-refractivity contribution in [2.45, 2.75) is 6.92 Å². The monoisotopic (exact) mass is 338 g/mol. The van der Waals surface area contributed by atoms with Crippen LogP contribution in [-0.2, 0) is 4.79 Å². The average Bonchev–Trinajstić information content (AvgIpc) is 2.96. The lowest BCUT2D eigenvalue weighted by Crippen LogP contribution is -1.94. The van der Waals surface area contributed by atoms with E-state index >= 15 is 0 Å². The molecule has 128 valence electrons. The van der Waals surface area contributed by atoms with Crippen LogP contribution in [0.4, 0.5) is 0 Å². The number of nitrogens with zero attached hydrogens (tertiary/aromatic N) is 2. The molecule has 3 rings (SSSR count). The lowest BCUT2D eigenvalue weighted by atomic mass is 10.1. The van der Waals surface area contributed by atoms with E-state index in [9.17, 15) is 4.79 Å². The summed E-state index contributed by atoms with van der Waals surface area (Å²) in [7, 11) is 3.17. The Kier molecular flexibility index (Phi) is 4.43. The van der Waals surface area contributed by atoms with E-state index in [-0.39, 0.29) is 0 Å². The van der Waals surface area contributed by atoms with E-state index in [2.05, 4.69) is 4.98 Å². The lowest BCUT2D eigenvalue weighted by molar-refractivity contribution is -0.131. The Labute approximate surface area is 145 Å². The minimum Gasteiger partial charge on any atom is -0.497 e. The van der Waals surface area contributed by atoms with Crippen molar-refractivity contribution in [3.8, 4) is 22.8 Å². The van der Waals surface area contributed by atoms with Gasteiger partial charge in [-0.25, -0.2) is 9.78 Å².